The molecule has 7 nitrogen and oxygen atoms in total. The number of hydrogen-bond donors (Lipinski definition) is 2. The summed E-state index contributed by atoms with van der Waals surface area (Å²) >= 11 is 0. The molecule has 1 aromatic heterocycles. The molecule has 110 valence electrons. The molecule has 0 unspecified atom stereocenters. The van der Waals surface area contributed by atoms with E-state index in [2.05, 4.69) is 10.3 Å². The Kier molecular flexibility index (Phi) is 3.51. The van der Waals surface area contributed by atoms with Crippen molar-refractivity contribution in [3.05, 3.63) is 40.1 Å². The van der Waals surface area contributed by atoms with Gasteiger partial charge in [-0.2, -0.15) is 0 Å². The molecule has 0 saturated carbocycles. The van der Waals surface area contributed by atoms with Crippen molar-refractivity contribution in [1.82, 2.24) is 4.98 Å². The molecule has 0 fully saturated rings. The predicted molar refractivity (Wildman–Crippen MR) is 78.5 cm³/mol. The minimum atomic E-state index is -1.20. The Morgan fingerprint density at radius 2 is 2.05 bits per heavy atom. The molecule has 7 heteroatoms. The second-order valence-corrected chi connectivity index (χ2v) is 5.32. The summed E-state index contributed by atoms with van der Waals surface area (Å²) in [5.74, 6) is -1.02. The number of aryl methyl sites for hydroxylation is 1. The van der Waals surface area contributed by atoms with Crippen LogP contribution in [0, 0.1) is 17.0 Å². The summed E-state index contributed by atoms with van der Waals surface area (Å²) in [6.07, 6.45) is 0. The van der Waals surface area contributed by atoms with E-state index in [-0.39, 0.29) is 5.69 Å². The lowest BCUT2D eigenvalue weighted by Gasteiger charge is -2.23. The third-order valence-corrected chi connectivity index (χ3v) is 3.11. The van der Waals surface area contributed by atoms with Crippen molar-refractivity contribution in [2.75, 3.05) is 5.32 Å². The van der Waals surface area contributed by atoms with E-state index in [0.717, 1.165) is 0 Å². The lowest BCUT2D eigenvalue weighted by Crippen LogP contribution is -2.40. The van der Waals surface area contributed by atoms with Gasteiger partial charge in [-0.3, -0.25) is 15.1 Å². The van der Waals surface area contributed by atoms with Gasteiger partial charge in [0.1, 0.15) is 5.54 Å². The predicted octanol–water partition coefficient (Wildman–Crippen LogP) is 2.73. The second kappa shape index (κ2) is 5.01. The quantitative estimate of drug-likeness (QED) is 0.662. The van der Waals surface area contributed by atoms with E-state index in [1.54, 1.807) is 19.1 Å². The molecule has 2 N–H and O–H groups in total. The van der Waals surface area contributed by atoms with Gasteiger partial charge in [-0.25, -0.2) is 4.79 Å². The third kappa shape index (κ3) is 2.91. The number of carboxylic acid groups (broad SMARTS) is 1. The van der Waals surface area contributed by atoms with E-state index in [0.29, 0.717) is 22.3 Å². The van der Waals surface area contributed by atoms with E-state index in [1.165, 1.54) is 26.0 Å². The molecule has 1 heterocycles. The highest BCUT2D eigenvalue weighted by atomic mass is 16.6. The molecular formula is C14H15N3O4. The molecule has 2 rings (SSSR count). The minimum Gasteiger partial charge on any atom is -0.480 e. The molecule has 0 aliphatic heterocycles. The SMILES string of the molecule is Cc1cc(NC(C)(C)C(=O)O)c2cc([N+](=O)[O-])ccc2n1. The number of pyridine rings is 1. The fourth-order valence-corrected chi connectivity index (χ4v) is 1.95. The number of non-ortho nitro benzene ring substituents is 1. The Morgan fingerprint density at radius 3 is 2.62 bits per heavy atom. The number of anilines is 1. The maximum absolute atomic E-state index is 11.2. The van der Waals surface area contributed by atoms with Crippen LogP contribution < -0.4 is 5.32 Å². The summed E-state index contributed by atoms with van der Waals surface area (Å²) in [5, 5.41) is 23.5. The highest BCUT2D eigenvalue weighted by molar-refractivity contribution is 5.95. The van der Waals surface area contributed by atoms with E-state index in [4.69, 9.17) is 0 Å². The van der Waals surface area contributed by atoms with Gasteiger partial charge >= 0.3 is 5.97 Å². The molecule has 0 amide bonds. The van der Waals surface area contributed by atoms with E-state index >= 15 is 0 Å². The van der Waals surface area contributed by atoms with Crippen LogP contribution in [0.3, 0.4) is 0 Å². The number of benzene rings is 1. The highest BCUT2D eigenvalue weighted by Gasteiger charge is 2.27. The summed E-state index contributed by atoms with van der Waals surface area (Å²) in [6.45, 7) is 4.82. The van der Waals surface area contributed by atoms with Gasteiger partial charge in [-0.1, -0.05) is 0 Å². The van der Waals surface area contributed by atoms with Crippen molar-refractivity contribution in [2.24, 2.45) is 0 Å². The van der Waals surface area contributed by atoms with Crippen LogP contribution in [-0.2, 0) is 4.79 Å². The summed E-state index contributed by atoms with van der Waals surface area (Å²) in [7, 11) is 0. The molecule has 0 saturated heterocycles. The summed E-state index contributed by atoms with van der Waals surface area (Å²) in [4.78, 5) is 25.9. The van der Waals surface area contributed by atoms with Crippen LogP contribution in [0.25, 0.3) is 10.9 Å². The number of hydrogen-bond acceptors (Lipinski definition) is 5. The Bertz CT molecular complexity index is 740. The zero-order chi connectivity index (χ0) is 15.8. The number of rotatable bonds is 4. The topological polar surface area (TPSA) is 105 Å². The van der Waals surface area contributed by atoms with Gasteiger partial charge in [-0.15, -0.1) is 0 Å². The number of nitro benzene ring substituents is 1. The number of nitrogens with zero attached hydrogens (tertiary/aromatic N) is 2. The van der Waals surface area contributed by atoms with Gasteiger partial charge in [0.25, 0.3) is 5.69 Å². The maximum Gasteiger partial charge on any atom is 0.328 e. The minimum absolute atomic E-state index is 0.0654. The summed E-state index contributed by atoms with van der Waals surface area (Å²) < 4.78 is 0. The van der Waals surface area contributed by atoms with Crippen molar-refractivity contribution < 1.29 is 14.8 Å². The molecule has 0 aliphatic carbocycles. The first kappa shape index (κ1) is 14.7. The normalized spacial score (nSPS) is 11.4. The van der Waals surface area contributed by atoms with Gasteiger partial charge in [0.2, 0.25) is 0 Å². The van der Waals surface area contributed by atoms with Crippen LogP contribution in [0.2, 0.25) is 0 Å². The number of nitro groups is 1. The Labute approximate surface area is 120 Å². The Morgan fingerprint density at radius 1 is 1.38 bits per heavy atom. The number of fused-ring (bicyclic) bond motifs is 1. The maximum atomic E-state index is 11.2. The number of carbonyl (C=O) groups is 1. The molecule has 0 bridgehead atoms. The first-order valence-corrected chi connectivity index (χ1v) is 6.28. The van der Waals surface area contributed by atoms with Crippen molar-refractivity contribution in [1.29, 1.82) is 0 Å². The van der Waals surface area contributed by atoms with Crippen LogP contribution in [0.4, 0.5) is 11.4 Å². The smallest absolute Gasteiger partial charge is 0.328 e. The zero-order valence-corrected chi connectivity index (χ0v) is 11.9. The Balaban J connectivity index is 2.63. The van der Waals surface area contributed by atoms with Crippen LogP contribution in [0.1, 0.15) is 19.5 Å². The van der Waals surface area contributed by atoms with Crippen LogP contribution in [-0.4, -0.2) is 26.5 Å². The summed E-state index contributed by atoms with van der Waals surface area (Å²) in [5.41, 5.74) is 0.507. The first-order chi connectivity index (χ1) is 9.70. The fraction of sp³-hybridized carbons (Fsp3) is 0.286. The fourth-order valence-electron chi connectivity index (χ4n) is 1.95. The molecule has 0 aliphatic rings. The number of carboxylic acids is 1. The summed E-state index contributed by atoms with van der Waals surface area (Å²) in [6, 6.07) is 6.00. The van der Waals surface area contributed by atoms with Gasteiger partial charge in [0.15, 0.2) is 0 Å². The first-order valence-electron chi connectivity index (χ1n) is 6.28. The van der Waals surface area contributed by atoms with Crippen LogP contribution in [0.5, 0.6) is 0 Å². The average Bonchev–Trinajstić information content (AvgIpc) is 2.37. The average molecular weight is 289 g/mol. The van der Waals surface area contributed by atoms with Gasteiger partial charge in [0.05, 0.1) is 10.4 Å². The van der Waals surface area contributed by atoms with Crippen LogP contribution >= 0.6 is 0 Å². The molecule has 0 atom stereocenters. The second-order valence-electron chi connectivity index (χ2n) is 5.32. The van der Waals surface area contributed by atoms with Crippen molar-refractivity contribution in [3.8, 4) is 0 Å². The van der Waals surface area contributed by atoms with Gasteiger partial charge in [0, 0.05) is 28.9 Å². The van der Waals surface area contributed by atoms with Crippen molar-refractivity contribution in [2.45, 2.75) is 26.3 Å². The molecule has 0 radical (unpaired) electrons. The highest BCUT2D eigenvalue weighted by Crippen LogP contribution is 2.29. The zero-order valence-electron chi connectivity index (χ0n) is 11.9. The molecule has 1 aromatic carbocycles. The van der Waals surface area contributed by atoms with Gasteiger partial charge in [-0.05, 0) is 32.9 Å². The third-order valence-electron chi connectivity index (χ3n) is 3.11. The standard InChI is InChI=1S/C14H15N3O4/c1-8-6-12(16-14(2,3)13(18)19)10-7-9(17(20)21)4-5-11(10)15-8/h4-7H,1-3H3,(H,15,16)(H,18,19). The monoisotopic (exact) mass is 289 g/mol. The molecular weight excluding hydrogens is 274 g/mol. The molecule has 0 spiro atoms. The number of aromatic nitrogens is 1. The lowest BCUT2D eigenvalue weighted by molar-refractivity contribution is -0.384. The largest absolute Gasteiger partial charge is 0.480 e. The van der Waals surface area contributed by atoms with Crippen molar-refractivity contribution >= 4 is 28.2 Å². The van der Waals surface area contributed by atoms with E-state index < -0.39 is 16.4 Å². The van der Waals surface area contributed by atoms with E-state index in [1.807, 2.05) is 0 Å². The van der Waals surface area contributed by atoms with Crippen LogP contribution in [0.15, 0.2) is 24.3 Å². The van der Waals surface area contributed by atoms with E-state index in [9.17, 15) is 20.0 Å². The molecule has 21 heavy (non-hydrogen) atoms. The lowest BCUT2D eigenvalue weighted by atomic mass is 10.0. The van der Waals surface area contributed by atoms with Crippen molar-refractivity contribution in [3.63, 3.8) is 0 Å². The van der Waals surface area contributed by atoms with Gasteiger partial charge < -0.3 is 10.4 Å². The Hall–Kier alpha value is -2.70. The number of nitrogens with one attached hydrogen (secondary N) is 1. The number of aliphatic carboxylic acids is 1. The molecule has 2 aromatic rings.